The maximum Gasteiger partial charge on any atom is 0.331 e. The fraction of sp³-hybridized carbons (Fsp3) is 0.238. The van der Waals surface area contributed by atoms with E-state index in [0.717, 1.165) is 11.6 Å². The zero-order chi connectivity index (χ0) is 19.4. The van der Waals surface area contributed by atoms with Gasteiger partial charge in [0.15, 0.2) is 0 Å². The molecule has 0 amide bonds. The van der Waals surface area contributed by atoms with E-state index >= 15 is 0 Å². The minimum atomic E-state index is -1.42. The number of carbonyl (C=O) groups excluding carboxylic acids is 2. The Morgan fingerprint density at radius 2 is 1.50 bits per heavy atom. The second kappa shape index (κ2) is 11.6. The third-order valence-corrected chi connectivity index (χ3v) is 3.52. The first-order chi connectivity index (χ1) is 12.4. The van der Waals surface area contributed by atoms with E-state index in [1.54, 1.807) is 0 Å². The van der Waals surface area contributed by atoms with Gasteiger partial charge in [-0.3, -0.25) is 0 Å². The predicted octanol–water partition coefficient (Wildman–Crippen LogP) is 1.98. The van der Waals surface area contributed by atoms with Gasteiger partial charge in [0.1, 0.15) is 12.1 Å². The molecule has 0 radical (unpaired) electrons. The highest BCUT2D eigenvalue weighted by Crippen LogP contribution is 2.20. The number of quaternary nitrogens is 1. The predicted molar refractivity (Wildman–Crippen MR) is 97.5 cm³/mol. The number of benzene rings is 2. The lowest BCUT2D eigenvalue weighted by molar-refractivity contribution is -0.420. The maximum absolute atomic E-state index is 11.3. The first-order valence-corrected chi connectivity index (χ1v) is 8.46. The van der Waals surface area contributed by atoms with E-state index in [9.17, 15) is 14.7 Å². The van der Waals surface area contributed by atoms with Crippen LogP contribution in [-0.4, -0.2) is 11.9 Å². The summed E-state index contributed by atoms with van der Waals surface area (Å²) in [6.07, 6.45) is 1.76. The first kappa shape index (κ1) is 21.1. The van der Waals surface area contributed by atoms with Gasteiger partial charge in [-0.15, -0.1) is 0 Å². The average Bonchev–Trinajstić information content (AvgIpc) is 2.66. The van der Waals surface area contributed by atoms with Gasteiger partial charge in [-0.05, 0) is 25.0 Å². The number of esters is 1. The molecule has 26 heavy (non-hydrogen) atoms. The van der Waals surface area contributed by atoms with Crippen molar-refractivity contribution in [2.45, 2.75) is 32.4 Å². The molecule has 0 aliphatic carbocycles. The van der Waals surface area contributed by atoms with Gasteiger partial charge in [-0.2, -0.15) is 0 Å². The molecule has 0 aromatic heterocycles. The highest BCUT2D eigenvalue weighted by Gasteiger charge is 2.12. The molecule has 138 valence electrons. The monoisotopic (exact) mass is 355 g/mol. The van der Waals surface area contributed by atoms with Crippen LogP contribution in [0.1, 0.15) is 43.5 Å². The lowest BCUT2D eigenvalue weighted by Crippen LogP contribution is -2.51. The lowest BCUT2D eigenvalue weighted by atomic mass is 10.1. The molecule has 0 heterocycles. The van der Waals surface area contributed by atoms with Crippen LogP contribution in [0.2, 0.25) is 0 Å². The SMILES string of the molecule is CC[C@@H](OC(=O)/C=C\C(=O)[O-])c1ccccc1.C[C@H]([NH3+])c1ccccc1. The van der Waals surface area contributed by atoms with Gasteiger partial charge >= 0.3 is 5.97 Å². The molecular weight excluding hydrogens is 330 g/mol. The molecule has 2 aromatic carbocycles. The van der Waals surface area contributed by atoms with Gasteiger partial charge in [0, 0.05) is 11.6 Å². The molecular formula is C21H25NO4. The van der Waals surface area contributed by atoms with Crippen LogP contribution in [-0.2, 0) is 14.3 Å². The summed E-state index contributed by atoms with van der Waals surface area (Å²) >= 11 is 0. The van der Waals surface area contributed by atoms with Crippen LogP contribution in [0.3, 0.4) is 0 Å². The van der Waals surface area contributed by atoms with Gasteiger partial charge < -0.3 is 20.4 Å². The van der Waals surface area contributed by atoms with Crippen LogP contribution in [0.4, 0.5) is 0 Å². The minimum Gasteiger partial charge on any atom is -0.545 e. The molecule has 2 rings (SSSR count). The fourth-order valence-electron chi connectivity index (χ4n) is 2.15. The molecule has 0 fully saturated rings. The number of aliphatic carboxylic acids is 1. The lowest BCUT2D eigenvalue weighted by Gasteiger charge is -2.15. The summed E-state index contributed by atoms with van der Waals surface area (Å²) in [6, 6.07) is 20.0. The zero-order valence-corrected chi connectivity index (χ0v) is 15.1. The van der Waals surface area contributed by atoms with E-state index in [1.807, 2.05) is 55.5 Å². The fourth-order valence-corrected chi connectivity index (χ4v) is 2.15. The van der Waals surface area contributed by atoms with Crippen molar-refractivity contribution >= 4 is 11.9 Å². The van der Waals surface area contributed by atoms with Gasteiger partial charge in [0.25, 0.3) is 0 Å². The summed E-state index contributed by atoms with van der Waals surface area (Å²) in [5, 5.41) is 10.1. The smallest absolute Gasteiger partial charge is 0.331 e. The summed E-state index contributed by atoms with van der Waals surface area (Å²) in [7, 11) is 0. The summed E-state index contributed by atoms with van der Waals surface area (Å²) in [5.41, 5.74) is 6.09. The van der Waals surface area contributed by atoms with Crippen molar-refractivity contribution in [3.8, 4) is 0 Å². The van der Waals surface area contributed by atoms with E-state index < -0.39 is 11.9 Å². The maximum atomic E-state index is 11.3. The van der Waals surface area contributed by atoms with Crippen molar-refractivity contribution in [2.24, 2.45) is 0 Å². The molecule has 0 aliphatic heterocycles. The molecule has 0 bridgehead atoms. The molecule has 2 aromatic rings. The molecule has 0 saturated carbocycles. The second-order valence-electron chi connectivity index (χ2n) is 5.71. The third-order valence-electron chi connectivity index (χ3n) is 3.52. The molecule has 5 heteroatoms. The van der Waals surface area contributed by atoms with Gasteiger partial charge in [-0.25, -0.2) is 4.79 Å². The number of ether oxygens (including phenoxy) is 1. The largest absolute Gasteiger partial charge is 0.545 e. The van der Waals surface area contributed by atoms with E-state index in [-0.39, 0.29) is 6.10 Å². The Morgan fingerprint density at radius 3 is 1.88 bits per heavy atom. The Labute approximate surface area is 154 Å². The number of carboxylic acid groups (broad SMARTS) is 1. The van der Waals surface area contributed by atoms with Gasteiger partial charge in [0.2, 0.25) is 0 Å². The van der Waals surface area contributed by atoms with Crippen LogP contribution in [0.15, 0.2) is 72.8 Å². The molecule has 0 aliphatic rings. The van der Waals surface area contributed by atoms with E-state index in [2.05, 4.69) is 24.8 Å². The average molecular weight is 355 g/mol. The number of carboxylic acids is 1. The van der Waals surface area contributed by atoms with Gasteiger partial charge in [-0.1, -0.05) is 67.6 Å². The van der Waals surface area contributed by atoms with Crippen LogP contribution in [0.25, 0.3) is 0 Å². The topological polar surface area (TPSA) is 94.1 Å². The van der Waals surface area contributed by atoms with Crippen molar-refractivity contribution in [1.82, 2.24) is 0 Å². The molecule has 2 atom stereocenters. The Balaban J connectivity index is 0.000000314. The van der Waals surface area contributed by atoms with Gasteiger partial charge in [0.05, 0.1) is 5.97 Å². The van der Waals surface area contributed by atoms with E-state index in [1.165, 1.54) is 5.56 Å². The standard InChI is InChI=1S/C13H14O4.C8H11N/c1-2-11(10-6-4-3-5-7-10)17-13(16)9-8-12(14)15;1-7(9)8-5-3-2-4-6-8/h3-9,11H,2H2,1H3,(H,14,15);2-7H,9H2,1H3/b9-8-;/t11-;7-/m10/s1. The Morgan fingerprint density at radius 1 is 1.00 bits per heavy atom. The van der Waals surface area contributed by atoms with Crippen LogP contribution in [0.5, 0.6) is 0 Å². The summed E-state index contributed by atoms with van der Waals surface area (Å²) in [5.74, 6) is -2.11. The number of rotatable bonds is 6. The highest BCUT2D eigenvalue weighted by atomic mass is 16.5. The third kappa shape index (κ3) is 8.26. The van der Waals surface area contributed by atoms with Crippen molar-refractivity contribution in [1.29, 1.82) is 0 Å². The second-order valence-corrected chi connectivity index (χ2v) is 5.71. The van der Waals surface area contributed by atoms with Crippen molar-refractivity contribution in [3.05, 3.63) is 83.9 Å². The van der Waals surface area contributed by atoms with E-state index in [0.29, 0.717) is 18.5 Å². The zero-order valence-electron chi connectivity index (χ0n) is 15.1. The summed E-state index contributed by atoms with van der Waals surface area (Å²) in [6.45, 7) is 3.97. The highest BCUT2D eigenvalue weighted by molar-refractivity contribution is 5.90. The van der Waals surface area contributed by atoms with Crippen molar-refractivity contribution in [2.75, 3.05) is 0 Å². The Kier molecular flexibility index (Phi) is 9.43. The molecule has 5 nitrogen and oxygen atoms in total. The summed E-state index contributed by atoms with van der Waals surface area (Å²) in [4.78, 5) is 21.4. The minimum absolute atomic E-state index is 0.366. The number of hydrogen-bond acceptors (Lipinski definition) is 4. The Bertz CT molecular complexity index is 696. The molecule has 0 spiro atoms. The normalized spacial score (nSPS) is 12.6. The molecule has 0 saturated heterocycles. The van der Waals surface area contributed by atoms with Crippen molar-refractivity contribution in [3.63, 3.8) is 0 Å². The van der Waals surface area contributed by atoms with Crippen LogP contribution in [0, 0.1) is 0 Å². The number of hydrogen-bond donors (Lipinski definition) is 1. The van der Waals surface area contributed by atoms with Crippen LogP contribution >= 0.6 is 0 Å². The summed E-state index contributed by atoms with van der Waals surface area (Å²) < 4.78 is 5.12. The quantitative estimate of drug-likeness (QED) is 0.633. The van der Waals surface area contributed by atoms with Crippen LogP contribution < -0.4 is 10.8 Å². The van der Waals surface area contributed by atoms with E-state index in [4.69, 9.17) is 4.74 Å². The van der Waals surface area contributed by atoms with Crippen molar-refractivity contribution < 1.29 is 25.2 Å². The number of carbonyl (C=O) groups is 2. The molecule has 0 unspecified atom stereocenters. The Hall–Kier alpha value is -2.92. The molecule has 3 N–H and O–H groups in total. The first-order valence-electron chi connectivity index (χ1n) is 8.46.